The predicted molar refractivity (Wildman–Crippen MR) is 107 cm³/mol. The van der Waals surface area contributed by atoms with Crippen molar-refractivity contribution < 1.29 is 22.5 Å². The number of hydrogen-bond acceptors (Lipinski definition) is 3. The van der Waals surface area contributed by atoms with E-state index in [4.69, 9.17) is 4.43 Å². The third-order valence-corrected chi connectivity index (χ3v) is 5.61. The number of alkyl halides is 1. The Hall–Kier alpha value is -2.97. The van der Waals surface area contributed by atoms with Crippen molar-refractivity contribution in [1.29, 1.82) is 0 Å². The average molecular weight is 417 g/mol. The Morgan fingerprint density at radius 1 is 0.966 bits per heavy atom. The standard InChI is InChI=1S/C21H18F3NO3Si/c22-13-12-21(28-29,15-6-10-17(24)11-7-15)19-3-1-2-18(20(19)25(26)27)14-4-8-16(23)9-5-14/h1-11H,12-13H2,29H3. The Kier molecular flexibility index (Phi) is 6.14. The van der Waals surface area contributed by atoms with E-state index in [9.17, 15) is 23.3 Å². The van der Waals surface area contributed by atoms with Crippen LogP contribution in [0, 0.1) is 21.7 Å². The molecule has 150 valence electrons. The summed E-state index contributed by atoms with van der Waals surface area (Å²) in [6, 6.07) is 15.3. The number of benzene rings is 3. The van der Waals surface area contributed by atoms with E-state index >= 15 is 0 Å². The van der Waals surface area contributed by atoms with E-state index in [1.165, 1.54) is 54.6 Å². The van der Waals surface area contributed by atoms with Gasteiger partial charge in [0.05, 0.1) is 22.7 Å². The molecule has 0 aromatic heterocycles. The van der Waals surface area contributed by atoms with E-state index < -0.39 is 28.8 Å². The van der Waals surface area contributed by atoms with Crippen LogP contribution in [0.4, 0.5) is 18.9 Å². The van der Waals surface area contributed by atoms with Gasteiger partial charge >= 0.3 is 0 Å². The summed E-state index contributed by atoms with van der Waals surface area (Å²) in [5.41, 5.74) is -0.395. The molecule has 0 N–H and O–H groups in total. The second kappa shape index (κ2) is 8.58. The fourth-order valence-corrected chi connectivity index (χ4v) is 4.20. The first-order valence-electron chi connectivity index (χ1n) is 8.84. The van der Waals surface area contributed by atoms with Crippen molar-refractivity contribution in [2.45, 2.75) is 12.0 Å². The molecule has 0 aliphatic heterocycles. The number of nitrogens with zero attached hydrogens (tertiary/aromatic N) is 1. The molecule has 3 aromatic rings. The number of nitro groups is 1. The maximum absolute atomic E-state index is 13.6. The molecule has 3 rings (SSSR count). The lowest BCUT2D eigenvalue weighted by molar-refractivity contribution is -0.385. The largest absolute Gasteiger partial charge is 0.414 e. The van der Waals surface area contributed by atoms with Gasteiger partial charge < -0.3 is 4.43 Å². The van der Waals surface area contributed by atoms with Gasteiger partial charge in [0.2, 0.25) is 0 Å². The molecule has 0 fully saturated rings. The molecule has 0 bridgehead atoms. The van der Waals surface area contributed by atoms with E-state index in [-0.39, 0.29) is 33.7 Å². The van der Waals surface area contributed by atoms with Crippen LogP contribution in [-0.2, 0) is 10.0 Å². The molecule has 0 spiro atoms. The zero-order valence-corrected chi connectivity index (χ0v) is 17.6. The second-order valence-corrected chi connectivity index (χ2v) is 6.85. The Labute approximate surface area is 168 Å². The van der Waals surface area contributed by atoms with Crippen molar-refractivity contribution in [2.75, 3.05) is 6.67 Å². The van der Waals surface area contributed by atoms with Crippen LogP contribution < -0.4 is 0 Å². The highest BCUT2D eigenvalue weighted by molar-refractivity contribution is 5.98. The molecule has 8 heteroatoms. The van der Waals surface area contributed by atoms with Crippen molar-refractivity contribution in [2.24, 2.45) is 0 Å². The van der Waals surface area contributed by atoms with Gasteiger partial charge in [0.25, 0.3) is 5.69 Å². The molecule has 0 aliphatic rings. The molecular formula is C21H18F3NO3Si. The molecule has 0 saturated heterocycles. The molecule has 0 saturated carbocycles. The zero-order chi connectivity index (χ0) is 21.0. The molecule has 0 aliphatic carbocycles. The number of rotatable bonds is 7. The van der Waals surface area contributed by atoms with Crippen molar-refractivity contribution in [3.63, 3.8) is 0 Å². The lowest BCUT2D eigenvalue weighted by Crippen LogP contribution is -2.32. The summed E-state index contributed by atoms with van der Waals surface area (Å²) in [6.07, 6.45) is -0.171. The minimum Gasteiger partial charge on any atom is -0.414 e. The topological polar surface area (TPSA) is 52.4 Å². The van der Waals surface area contributed by atoms with Crippen LogP contribution in [0.1, 0.15) is 17.5 Å². The number of hydrogen-bond donors (Lipinski definition) is 0. The molecular weight excluding hydrogens is 399 g/mol. The molecule has 0 radical (unpaired) electrons. The van der Waals surface area contributed by atoms with E-state index in [1.54, 1.807) is 12.1 Å². The Morgan fingerprint density at radius 3 is 2.07 bits per heavy atom. The summed E-state index contributed by atoms with van der Waals surface area (Å²) in [5, 5.41) is 12.1. The fraction of sp³-hybridized carbons (Fsp3) is 0.143. The Morgan fingerprint density at radius 2 is 1.55 bits per heavy atom. The molecule has 1 atom stereocenters. The van der Waals surface area contributed by atoms with Gasteiger partial charge in [-0.2, -0.15) is 0 Å². The second-order valence-electron chi connectivity index (χ2n) is 6.44. The van der Waals surface area contributed by atoms with E-state index in [0.29, 0.717) is 11.1 Å². The Balaban J connectivity index is 2.31. The highest BCUT2D eigenvalue weighted by Crippen LogP contribution is 2.44. The van der Waals surface area contributed by atoms with Crippen LogP contribution in [0.15, 0.2) is 66.7 Å². The molecule has 1 unspecified atom stereocenters. The maximum atomic E-state index is 13.6. The van der Waals surface area contributed by atoms with Crippen LogP contribution in [0.2, 0.25) is 0 Å². The number of halogens is 3. The van der Waals surface area contributed by atoms with Gasteiger partial charge in [-0.05, 0) is 47.5 Å². The monoisotopic (exact) mass is 417 g/mol. The quantitative estimate of drug-likeness (QED) is 0.324. The average Bonchev–Trinajstić information content (AvgIpc) is 2.73. The van der Waals surface area contributed by atoms with Gasteiger partial charge in [-0.3, -0.25) is 14.5 Å². The third kappa shape index (κ3) is 3.94. The van der Waals surface area contributed by atoms with Gasteiger partial charge in [-0.15, -0.1) is 0 Å². The summed E-state index contributed by atoms with van der Waals surface area (Å²) >= 11 is 0. The van der Waals surface area contributed by atoms with Crippen molar-refractivity contribution >= 4 is 16.2 Å². The van der Waals surface area contributed by atoms with Gasteiger partial charge in [0.15, 0.2) is 0 Å². The highest BCUT2D eigenvalue weighted by Gasteiger charge is 2.40. The van der Waals surface area contributed by atoms with Crippen LogP contribution in [-0.4, -0.2) is 22.1 Å². The normalized spacial score (nSPS) is 13.2. The maximum Gasteiger partial charge on any atom is 0.283 e. The molecule has 4 nitrogen and oxygen atoms in total. The lowest BCUT2D eigenvalue weighted by atomic mass is 9.81. The minimum atomic E-state index is -1.44. The SMILES string of the molecule is O=[N+]([O-])c1c(-c2ccc(F)cc2)cccc1C(CCF)(O[SiH3])c1ccc(F)cc1. The van der Waals surface area contributed by atoms with Crippen molar-refractivity contribution in [1.82, 2.24) is 0 Å². The summed E-state index contributed by atoms with van der Waals surface area (Å²) in [4.78, 5) is 11.5. The number of para-hydroxylation sites is 1. The van der Waals surface area contributed by atoms with Crippen LogP contribution in [0.3, 0.4) is 0 Å². The smallest absolute Gasteiger partial charge is 0.283 e. The van der Waals surface area contributed by atoms with Crippen LogP contribution >= 0.6 is 0 Å². The van der Waals surface area contributed by atoms with Gasteiger partial charge in [-0.1, -0.05) is 30.3 Å². The van der Waals surface area contributed by atoms with Gasteiger partial charge in [-0.25, -0.2) is 8.78 Å². The first kappa shape index (κ1) is 20.8. The molecule has 3 aromatic carbocycles. The fourth-order valence-electron chi connectivity index (χ4n) is 3.55. The van der Waals surface area contributed by atoms with E-state index in [2.05, 4.69) is 0 Å². The summed E-state index contributed by atoms with van der Waals surface area (Å²) in [7, 11) is 0.156. The van der Waals surface area contributed by atoms with Crippen molar-refractivity contribution in [3.05, 3.63) is 99.6 Å². The van der Waals surface area contributed by atoms with Gasteiger partial charge in [0, 0.05) is 6.42 Å². The molecule has 0 heterocycles. The first-order valence-corrected chi connectivity index (χ1v) is 9.65. The van der Waals surface area contributed by atoms with E-state index in [1.807, 2.05) is 0 Å². The molecule has 29 heavy (non-hydrogen) atoms. The van der Waals surface area contributed by atoms with Gasteiger partial charge in [0.1, 0.15) is 27.7 Å². The molecule has 0 amide bonds. The highest BCUT2D eigenvalue weighted by atomic mass is 28.2. The summed E-state index contributed by atoms with van der Waals surface area (Å²) in [6.45, 7) is -0.794. The predicted octanol–water partition coefficient (Wildman–Crippen LogP) is 4.44. The lowest BCUT2D eigenvalue weighted by Gasteiger charge is -2.33. The van der Waals surface area contributed by atoms with E-state index in [0.717, 1.165) is 0 Å². The van der Waals surface area contributed by atoms with Crippen LogP contribution in [0.5, 0.6) is 0 Å². The number of nitro benzene ring substituents is 1. The third-order valence-electron chi connectivity index (χ3n) is 4.91. The van der Waals surface area contributed by atoms with Crippen LogP contribution in [0.25, 0.3) is 11.1 Å². The minimum absolute atomic E-state index is 0.156. The summed E-state index contributed by atoms with van der Waals surface area (Å²) in [5.74, 6) is -0.945. The zero-order valence-electron chi connectivity index (χ0n) is 15.6. The summed E-state index contributed by atoms with van der Waals surface area (Å²) < 4.78 is 46.1. The van der Waals surface area contributed by atoms with Crippen molar-refractivity contribution in [3.8, 4) is 11.1 Å². The Bertz CT molecular complexity index is 1010. The first-order chi connectivity index (χ1) is 13.9.